The van der Waals surface area contributed by atoms with Gasteiger partial charge in [0.2, 0.25) is 0 Å². The minimum atomic E-state index is -0.185. The molecule has 2 rings (SSSR count). The van der Waals surface area contributed by atoms with Crippen molar-refractivity contribution < 1.29 is 4.74 Å². The van der Waals surface area contributed by atoms with Gasteiger partial charge < -0.3 is 4.74 Å². The molecule has 0 aliphatic rings. The molecule has 0 aliphatic heterocycles. The van der Waals surface area contributed by atoms with E-state index in [-0.39, 0.29) is 6.10 Å². The van der Waals surface area contributed by atoms with Crippen LogP contribution in [0.4, 0.5) is 0 Å². The van der Waals surface area contributed by atoms with Gasteiger partial charge in [-0.3, -0.25) is 0 Å². The van der Waals surface area contributed by atoms with Crippen LogP contribution >= 0.6 is 0 Å². The van der Waals surface area contributed by atoms with Gasteiger partial charge in [-0.15, -0.1) is 6.42 Å². The highest BCUT2D eigenvalue weighted by Crippen LogP contribution is 2.07. The second kappa shape index (κ2) is 8.64. The molecule has 0 saturated carbocycles. The smallest absolute Gasteiger partial charge is 0.119 e. The zero-order valence-electron chi connectivity index (χ0n) is 12.0. The van der Waals surface area contributed by atoms with Gasteiger partial charge in [0.25, 0.3) is 0 Å². The Balaban J connectivity index is 1.76. The predicted molar refractivity (Wildman–Crippen MR) is 86.4 cm³/mol. The Kier molecular flexibility index (Phi) is 6.14. The fourth-order valence-corrected chi connectivity index (χ4v) is 1.88. The van der Waals surface area contributed by atoms with E-state index in [0.717, 1.165) is 24.0 Å². The Labute approximate surface area is 127 Å². The molecule has 2 aromatic carbocycles. The average molecular weight is 274 g/mol. The van der Waals surface area contributed by atoms with E-state index in [1.165, 1.54) is 0 Å². The summed E-state index contributed by atoms with van der Waals surface area (Å²) in [5, 5.41) is 0. The highest BCUT2D eigenvalue weighted by atomic mass is 16.5. The molecule has 21 heavy (non-hydrogen) atoms. The standard InChI is InChI=1S/C20H18O/c1-2-20(21-17-19-14-7-4-8-15-19)16-10-9-13-18-11-5-3-6-12-18/h1,3-8,11-12,14-15,20H,10,16-17H2. The highest BCUT2D eigenvalue weighted by molar-refractivity contribution is 5.33. The summed E-state index contributed by atoms with van der Waals surface area (Å²) in [5.74, 6) is 8.94. The zero-order chi connectivity index (χ0) is 14.8. The normalized spacial score (nSPS) is 11.0. The SMILES string of the molecule is C#CC(CCC#Cc1ccccc1)OCc1ccccc1. The van der Waals surface area contributed by atoms with Crippen LogP contribution < -0.4 is 0 Å². The summed E-state index contributed by atoms with van der Waals surface area (Å²) in [6.45, 7) is 0.543. The molecule has 0 spiro atoms. The van der Waals surface area contributed by atoms with Gasteiger partial charge >= 0.3 is 0 Å². The third-order valence-corrected chi connectivity index (χ3v) is 3.02. The highest BCUT2D eigenvalue weighted by Gasteiger charge is 2.04. The molecule has 1 nitrogen and oxygen atoms in total. The minimum Gasteiger partial charge on any atom is -0.361 e. The lowest BCUT2D eigenvalue weighted by molar-refractivity contribution is 0.0738. The molecule has 0 fully saturated rings. The van der Waals surface area contributed by atoms with Crippen molar-refractivity contribution >= 4 is 0 Å². The largest absolute Gasteiger partial charge is 0.361 e. The summed E-state index contributed by atoms with van der Waals surface area (Å²) in [6.07, 6.45) is 6.81. The first-order chi connectivity index (χ1) is 10.4. The minimum absolute atomic E-state index is 0.185. The molecule has 0 radical (unpaired) electrons. The predicted octanol–water partition coefficient (Wildman–Crippen LogP) is 4.04. The molecule has 104 valence electrons. The first-order valence-electron chi connectivity index (χ1n) is 7.04. The van der Waals surface area contributed by atoms with Crippen LogP contribution in [0.1, 0.15) is 24.0 Å². The van der Waals surface area contributed by atoms with Crippen molar-refractivity contribution in [3.05, 3.63) is 71.8 Å². The van der Waals surface area contributed by atoms with Crippen molar-refractivity contribution in [2.75, 3.05) is 0 Å². The summed E-state index contributed by atoms with van der Waals surface area (Å²) in [4.78, 5) is 0. The summed E-state index contributed by atoms with van der Waals surface area (Å²) in [5.41, 5.74) is 2.16. The molecule has 1 heteroatoms. The van der Waals surface area contributed by atoms with E-state index in [4.69, 9.17) is 11.2 Å². The third kappa shape index (κ3) is 5.57. The van der Waals surface area contributed by atoms with Crippen molar-refractivity contribution in [2.24, 2.45) is 0 Å². The Morgan fingerprint density at radius 1 is 0.952 bits per heavy atom. The van der Waals surface area contributed by atoms with Gasteiger partial charge in [-0.2, -0.15) is 0 Å². The number of ether oxygens (including phenoxy) is 1. The summed E-state index contributed by atoms with van der Waals surface area (Å²) < 4.78 is 5.73. The number of terminal acetylenes is 1. The first-order valence-corrected chi connectivity index (χ1v) is 7.04. The second-order valence-electron chi connectivity index (χ2n) is 4.66. The summed E-state index contributed by atoms with van der Waals surface area (Å²) >= 11 is 0. The van der Waals surface area contributed by atoms with Crippen molar-refractivity contribution in [3.63, 3.8) is 0 Å². The van der Waals surface area contributed by atoms with E-state index in [9.17, 15) is 0 Å². The Hall–Kier alpha value is -2.48. The van der Waals surface area contributed by atoms with E-state index in [1.54, 1.807) is 0 Å². The Bertz CT molecular complexity index is 626. The molecular weight excluding hydrogens is 256 g/mol. The maximum atomic E-state index is 5.73. The fourth-order valence-electron chi connectivity index (χ4n) is 1.88. The zero-order valence-corrected chi connectivity index (χ0v) is 12.0. The van der Waals surface area contributed by atoms with Crippen molar-refractivity contribution in [1.29, 1.82) is 0 Å². The van der Waals surface area contributed by atoms with Crippen LogP contribution in [0.3, 0.4) is 0 Å². The van der Waals surface area contributed by atoms with Crippen LogP contribution in [-0.4, -0.2) is 6.10 Å². The maximum Gasteiger partial charge on any atom is 0.119 e. The summed E-state index contributed by atoms with van der Waals surface area (Å²) in [7, 11) is 0. The van der Waals surface area contributed by atoms with Crippen LogP contribution in [0.15, 0.2) is 60.7 Å². The number of rotatable bonds is 5. The quantitative estimate of drug-likeness (QED) is 0.748. The van der Waals surface area contributed by atoms with E-state index < -0.39 is 0 Å². The van der Waals surface area contributed by atoms with E-state index in [1.807, 2.05) is 60.7 Å². The number of benzene rings is 2. The maximum absolute atomic E-state index is 5.73. The van der Waals surface area contributed by atoms with E-state index in [2.05, 4.69) is 17.8 Å². The lowest BCUT2D eigenvalue weighted by Crippen LogP contribution is -2.09. The molecule has 2 aromatic rings. The molecule has 0 amide bonds. The van der Waals surface area contributed by atoms with Crippen molar-refractivity contribution in [1.82, 2.24) is 0 Å². The number of hydrogen-bond donors (Lipinski definition) is 0. The average Bonchev–Trinajstić information content (AvgIpc) is 2.56. The molecule has 1 unspecified atom stereocenters. The first kappa shape index (κ1) is 14.9. The second-order valence-corrected chi connectivity index (χ2v) is 4.66. The van der Waals surface area contributed by atoms with Crippen LogP contribution in [-0.2, 0) is 11.3 Å². The van der Waals surface area contributed by atoms with E-state index in [0.29, 0.717) is 6.61 Å². The van der Waals surface area contributed by atoms with Crippen LogP contribution in [0.2, 0.25) is 0 Å². The molecule has 0 aliphatic carbocycles. The fraction of sp³-hybridized carbons (Fsp3) is 0.200. The van der Waals surface area contributed by atoms with Gasteiger partial charge in [0.15, 0.2) is 0 Å². The molecular formula is C20H18O. The molecule has 0 bridgehead atoms. The van der Waals surface area contributed by atoms with Crippen LogP contribution in [0.25, 0.3) is 0 Å². The van der Waals surface area contributed by atoms with Crippen LogP contribution in [0.5, 0.6) is 0 Å². The van der Waals surface area contributed by atoms with Crippen molar-refractivity contribution in [2.45, 2.75) is 25.6 Å². The Morgan fingerprint density at radius 2 is 1.62 bits per heavy atom. The monoisotopic (exact) mass is 274 g/mol. The van der Waals surface area contributed by atoms with Gasteiger partial charge in [0.1, 0.15) is 6.10 Å². The summed E-state index contributed by atoms with van der Waals surface area (Å²) in [6, 6.07) is 20.0. The van der Waals surface area contributed by atoms with Gasteiger partial charge in [0, 0.05) is 12.0 Å². The molecule has 0 saturated heterocycles. The van der Waals surface area contributed by atoms with Crippen molar-refractivity contribution in [3.8, 4) is 24.2 Å². The van der Waals surface area contributed by atoms with Gasteiger partial charge in [0.05, 0.1) is 6.61 Å². The van der Waals surface area contributed by atoms with Gasteiger partial charge in [-0.25, -0.2) is 0 Å². The molecule has 0 heterocycles. The lowest BCUT2D eigenvalue weighted by atomic mass is 10.2. The lowest BCUT2D eigenvalue weighted by Gasteiger charge is -2.10. The van der Waals surface area contributed by atoms with E-state index >= 15 is 0 Å². The topological polar surface area (TPSA) is 9.23 Å². The van der Waals surface area contributed by atoms with Gasteiger partial charge in [-0.05, 0) is 24.1 Å². The third-order valence-electron chi connectivity index (χ3n) is 3.02. The number of hydrogen-bond acceptors (Lipinski definition) is 1. The van der Waals surface area contributed by atoms with Crippen LogP contribution in [0, 0.1) is 24.2 Å². The molecule has 1 atom stereocenters. The molecule has 0 N–H and O–H groups in total. The Morgan fingerprint density at radius 3 is 2.29 bits per heavy atom. The molecule has 0 aromatic heterocycles. The van der Waals surface area contributed by atoms with Gasteiger partial charge in [-0.1, -0.05) is 66.3 Å².